The summed E-state index contributed by atoms with van der Waals surface area (Å²) in [6, 6.07) is 6.85. The third-order valence-electron chi connectivity index (χ3n) is 4.69. The molecule has 0 heterocycles. The number of rotatable bonds is 6. The summed E-state index contributed by atoms with van der Waals surface area (Å²) in [5.41, 5.74) is 0.132. The van der Waals surface area contributed by atoms with Crippen molar-refractivity contribution in [2.75, 3.05) is 11.9 Å². The summed E-state index contributed by atoms with van der Waals surface area (Å²) in [7, 11) is 0. The van der Waals surface area contributed by atoms with E-state index in [9.17, 15) is 14.7 Å². The lowest BCUT2D eigenvalue weighted by Crippen LogP contribution is -2.44. The zero-order chi connectivity index (χ0) is 17.2. The zero-order valence-corrected chi connectivity index (χ0v) is 14.2. The first kappa shape index (κ1) is 17.5. The Morgan fingerprint density at radius 3 is 2.61 bits per heavy atom. The highest BCUT2D eigenvalue weighted by molar-refractivity contribution is 5.98. The lowest BCUT2D eigenvalue weighted by molar-refractivity contribution is -0.117. The Kier molecular flexibility index (Phi) is 5.09. The maximum absolute atomic E-state index is 12.2. The lowest BCUT2D eigenvalue weighted by atomic mass is 9.92. The Balaban J connectivity index is 1.96. The Hall–Kier alpha value is -1.88. The molecule has 5 nitrogen and oxygen atoms in total. The third-order valence-corrected chi connectivity index (χ3v) is 4.69. The zero-order valence-electron chi connectivity index (χ0n) is 14.2. The molecule has 23 heavy (non-hydrogen) atoms. The molecule has 1 aliphatic rings. The van der Waals surface area contributed by atoms with Crippen LogP contribution in [0.1, 0.15) is 44.5 Å². The minimum absolute atomic E-state index is 0.0119. The van der Waals surface area contributed by atoms with Gasteiger partial charge in [-0.15, -0.1) is 0 Å². The van der Waals surface area contributed by atoms with Crippen molar-refractivity contribution in [2.45, 2.75) is 39.7 Å². The van der Waals surface area contributed by atoms with Crippen LogP contribution < -0.4 is 10.6 Å². The molecule has 2 amide bonds. The Labute approximate surface area is 137 Å². The van der Waals surface area contributed by atoms with E-state index in [2.05, 4.69) is 17.6 Å². The Bertz CT molecular complexity index is 596. The Morgan fingerprint density at radius 2 is 2.04 bits per heavy atom. The van der Waals surface area contributed by atoms with E-state index in [4.69, 9.17) is 0 Å². The van der Waals surface area contributed by atoms with E-state index in [1.54, 1.807) is 31.2 Å². The summed E-state index contributed by atoms with van der Waals surface area (Å²) in [5, 5.41) is 15.8. The van der Waals surface area contributed by atoms with Gasteiger partial charge in [-0.05, 0) is 43.4 Å². The van der Waals surface area contributed by atoms with Crippen LogP contribution in [0.2, 0.25) is 0 Å². The largest absolute Gasteiger partial charge is 0.388 e. The van der Waals surface area contributed by atoms with E-state index in [-0.39, 0.29) is 30.2 Å². The van der Waals surface area contributed by atoms with Gasteiger partial charge in [-0.2, -0.15) is 0 Å². The van der Waals surface area contributed by atoms with Gasteiger partial charge in [0.2, 0.25) is 5.91 Å². The van der Waals surface area contributed by atoms with Crippen LogP contribution in [-0.4, -0.2) is 29.1 Å². The molecule has 0 spiro atoms. The van der Waals surface area contributed by atoms with E-state index in [0.717, 1.165) is 6.42 Å². The number of hydrogen-bond acceptors (Lipinski definition) is 3. The predicted molar refractivity (Wildman–Crippen MR) is 90.1 cm³/mol. The molecule has 126 valence electrons. The Morgan fingerprint density at radius 1 is 1.39 bits per heavy atom. The molecule has 2 rings (SSSR count). The van der Waals surface area contributed by atoms with Crippen LogP contribution in [0.3, 0.4) is 0 Å². The van der Waals surface area contributed by atoms with Crippen molar-refractivity contribution in [3.63, 3.8) is 0 Å². The standard InChI is InChI=1S/C18H26N2O3/c1-11(2)18(4,23)10-19-16(21)13-6-5-7-14(9-13)20-17(22)15-8-12(15)3/h5-7,9,11-12,15,23H,8,10H2,1-4H3,(H,19,21)(H,20,22). The number of amides is 2. The van der Waals surface area contributed by atoms with Crippen molar-refractivity contribution < 1.29 is 14.7 Å². The van der Waals surface area contributed by atoms with Crippen LogP contribution in [0, 0.1) is 17.8 Å². The van der Waals surface area contributed by atoms with Crippen molar-refractivity contribution in [3.05, 3.63) is 29.8 Å². The molecular weight excluding hydrogens is 292 g/mol. The average Bonchev–Trinajstić information content (AvgIpc) is 3.22. The first-order chi connectivity index (χ1) is 10.7. The summed E-state index contributed by atoms with van der Waals surface area (Å²) < 4.78 is 0. The summed E-state index contributed by atoms with van der Waals surface area (Å²) >= 11 is 0. The predicted octanol–water partition coefficient (Wildman–Crippen LogP) is 2.42. The number of carbonyl (C=O) groups excluding carboxylic acids is 2. The van der Waals surface area contributed by atoms with Crippen molar-refractivity contribution in [2.24, 2.45) is 17.8 Å². The molecule has 1 fully saturated rings. The van der Waals surface area contributed by atoms with Crippen LogP contribution in [-0.2, 0) is 4.79 Å². The van der Waals surface area contributed by atoms with E-state index in [0.29, 0.717) is 17.2 Å². The minimum Gasteiger partial charge on any atom is -0.388 e. The molecule has 0 radical (unpaired) electrons. The molecule has 3 atom stereocenters. The maximum atomic E-state index is 12.2. The maximum Gasteiger partial charge on any atom is 0.251 e. The molecule has 0 bridgehead atoms. The molecule has 1 saturated carbocycles. The fraction of sp³-hybridized carbons (Fsp3) is 0.556. The molecular formula is C18H26N2O3. The monoisotopic (exact) mass is 318 g/mol. The van der Waals surface area contributed by atoms with E-state index in [1.165, 1.54) is 0 Å². The second kappa shape index (κ2) is 6.71. The summed E-state index contributed by atoms with van der Waals surface area (Å²) in [5.74, 6) is 0.321. The normalized spacial score (nSPS) is 22.3. The second-order valence-corrected chi connectivity index (χ2v) is 7.08. The number of carbonyl (C=O) groups is 2. The van der Waals surface area contributed by atoms with Crippen molar-refractivity contribution in [1.29, 1.82) is 0 Å². The van der Waals surface area contributed by atoms with Crippen LogP contribution in [0.4, 0.5) is 5.69 Å². The molecule has 3 unspecified atom stereocenters. The first-order valence-electron chi connectivity index (χ1n) is 8.12. The van der Waals surface area contributed by atoms with Gasteiger partial charge in [-0.1, -0.05) is 26.8 Å². The van der Waals surface area contributed by atoms with E-state index < -0.39 is 5.60 Å². The third kappa shape index (κ3) is 4.55. The van der Waals surface area contributed by atoms with Crippen LogP contribution in [0.25, 0.3) is 0 Å². The molecule has 3 N–H and O–H groups in total. The molecule has 1 aliphatic carbocycles. The second-order valence-electron chi connectivity index (χ2n) is 7.08. The van der Waals surface area contributed by atoms with Crippen molar-refractivity contribution >= 4 is 17.5 Å². The van der Waals surface area contributed by atoms with E-state index >= 15 is 0 Å². The first-order valence-corrected chi connectivity index (χ1v) is 8.12. The van der Waals surface area contributed by atoms with Gasteiger partial charge in [0.1, 0.15) is 0 Å². The van der Waals surface area contributed by atoms with Gasteiger partial charge in [-0.25, -0.2) is 0 Å². The van der Waals surface area contributed by atoms with Gasteiger partial charge in [-0.3, -0.25) is 9.59 Å². The van der Waals surface area contributed by atoms with Crippen molar-refractivity contribution in [3.8, 4) is 0 Å². The van der Waals surface area contributed by atoms with Gasteiger partial charge in [0.25, 0.3) is 5.91 Å². The fourth-order valence-electron chi connectivity index (χ4n) is 2.23. The number of hydrogen-bond donors (Lipinski definition) is 3. The van der Waals surface area contributed by atoms with Gasteiger partial charge in [0, 0.05) is 23.7 Å². The molecule has 0 aromatic heterocycles. The van der Waals surface area contributed by atoms with Gasteiger partial charge >= 0.3 is 0 Å². The number of anilines is 1. The van der Waals surface area contributed by atoms with Gasteiger partial charge in [0.15, 0.2) is 0 Å². The summed E-state index contributed by atoms with van der Waals surface area (Å²) in [6.45, 7) is 7.74. The topological polar surface area (TPSA) is 78.4 Å². The summed E-state index contributed by atoms with van der Waals surface area (Å²) in [4.78, 5) is 24.2. The SMILES string of the molecule is CC1CC1C(=O)Nc1cccc(C(=O)NCC(C)(O)C(C)C)c1. The van der Waals surface area contributed by atoms with Crippen LogP contribution >= 0.6 is 0 Å². The highest BCUT2D eigenvalue weighted by Gasteiger charge is 2.39. The lowest BCUT2D eigenvalue weighted by Gasteiger charge is -2.27. The summed E-state index contributed by atoms with van der Waals surface area (Å²) in [6.07, 6.45) is 0.927. The molecule has 1 aromatic carbocycles. The highest BCUT2D eigenvalue weighted by Crippen LogP contribution is 2.38. The smallest absolute Gasteiger partial charge is 0.251 e. The number of benzene rings is 1. The molecule has 0 saturated heterocycles. The highest BCUT2D eigenvalue weighted by atomic mass is 16.3. The van der Waals surface area contributed by atoms with Gasteiger partial charge in [0.05, 0.1) is 5.60 Å². The molecule has 5 heteroatoms. The molecule has 1 aromatic rings. The fourth-order valence-corrected chi connectivity index (χ4v) is 2.23. The average molecular weight is 318 g/mol. The minimum atomic E-state index is -0.955. The number of aliphatic hydroxyl groups is 1. The van der Waals surface area contributed by atoms with Crippen LogP contribution in [0.15, 0.2) is 24.3 Å². The van der Waals surface area contributed by atoms with Crippen LogP contribution in [0.5, 0.6) is 0 Å². The molecule has 0 aliphatic heterocycles. The van der Waals surface area contributed by atoms with Crippen molar-refractivity contribution in [1.82, 2.24) is 5.32 Å². The van der Waals surface area contributed by atoms with E-state index in [1.807, 2.05) is 13.8 Å². The quantitative estimate of drug-likeness (QED) is 0.754. The van der Waals surface area contributed by atoms with Gasteiger partial charge < -0.3 is 15.7 Å². The number of nitrogens with one attached hydrogen (secondary N) is 2.